The zero-order valence-corrected chi connectivity index (χ0v) is 15.2. The smallest absolute Gasteiger partial charge is 0.318 e. The summed E-state index contributed by atoms with van der Waals surface area (Å²) in [6.45, 7) is 6.60. The van der Waals surface area contributed by atoms with Gasteiger partial charge in [-0.3, -0.25) is 0 Å². The topological polar surface area (TPSA) is 76.8 Å². The van der Waals surface area contributed by atoms with Crippen molar-refractivity contribution in [3.8, 4) is 0 Å². The van der Waals surface area contributed by atoms with Gasteiger partial charge in [-0.1, -0.05) is 25.1 Å². The van der Waals surface area contributed by atoms with Gasteiger partial charge in [-0.15, -0.1) is 0 Å². The van der Waals surface area contributed by atoms with Crippen molar-refractivity contribution in [2.24, 2.45) is 0 Å². The zero-order chi connectivity index (χ0) is 18.0. The number of benzene rings is 1. The summed E-state index contributed by atoms with van der Waals surface area (Å²) in [7, 11) is 1.81. The Morgan fingerprint density at radius 1 is 1.28 bits per heavy atom. The summed E-state index contributed by atoms with van der Waals surface area (Å²) in [5.74, 6) is 0.795. The van der Waals surface area contributed by atoms with Crippen LogP contribution in [0.25, 0.3) is 10.9 Å². The fraction of sp³-hybridized carbons (Fsp3) is 0.368. The summed E-state index contributed by atoms with van der Waals surface area (Å²) in [6, 6.07) is 7.96. The van der Waals surface area contributed by atoms with Crippen molar-refractivity contribution in [2.45, 2.75) is 39.8 Å². The lowest BCUT2D eigenvalue weighted by Gasteiger charge is -2.22. The molecule has 132 valence electrons. The number of para-hydroxylation sites is 1. The maximum atomic E-state index is 12.6. The number of imidazole rings is 1. The van der Waals surface area contributed by atoms with E-state index < -0.39 is 0 Å². The molecule has 0 spiro atoms. The van der Waals surface area contributed by atoms with Crippen molar-refractivity contribution in [1.29, 1.82) is 0 Å². The molecule has 6 heteroatoms. The normalized spacial score (nSPS) is 12.3. The van der Waals surface area contributed by atoms with Gasteiger partial charge < -0.3 is 20.2 Å². The van der Waals surface area contributed by atoms with Crippen molar-refractivity contribution < 1.29 is 4.79 Å². The first kappa shape index (κ1) is 17.1. The summed E-state index contributed by atoms with van der Waals surface area (Å²) in [4.78, 5) is 25.2. The van der Waals surface area contributed by atoms with E-state index in [1.54, 1.807) is 18.1 Å². The molecule has 2 aromatic heterocycles. The van der Waals surface area contributed by atoms with Crippen molar-refractivity contribution in [3.05, 3.63) is 53.2 Å². The molecule has 6 nitrogen and oxygen atoms in total. The van der Waals surface area contributed by atoms with Crippen LogP contribution in [-0.4, -0.2) is 32.9 Å². The van der Waals surface area contributed by atoms with Gasteiger partial charge in [-0.2, -0.15) is 0 Å². The molecular weight excluding hydrogens is 314 g/mol. The molecular formula is C19H25N5O. The second-order valence-corrected chi connectivity index (χ2v) is 6.49. The minimum atomic E-state index is -0.118. The molecule has 0 saturated carbocycles. The SMILES string of the molecule is CC[C@H](NC(=O)N(C)Cc1[nH]c2ccccc2c1C)c1ncc(C)[nH]1. The Morgan fingerprint density at radius 2 is 2.04 bits per heavy atom. The number of carbonyl (C=O) groups excluding carboxylic acids is 1. The molecule has 0 saturated heterocycles. The number of hydrogen-bond donors (Lipinski definition) is 3. The Hall–Kier alpha value is -2.76. The number of nitrogens with one attached hydrogen (secondary N) is 3. The van der Waals surface area contributed by atoms with Gasteiger partial charge in [0.15, 0.2) is 0 Å². The van der Waals surface area contributed by atoms with Gasteiger partial charge >= 0.3 is 6.03 Å². The molecule has 3 N–H and O–H groups in total. The van der Waals surface area contributed by atoms with Crippen LogP contribution in [0.3, 0.4) is 0 Å². The number of fused-ring (bicyclic) bond motifs is 1. The molecule has 0 radical (unpaired) electrons. The highest BCUT2D eigenvalue weighted by atomic mass is 16.2. The number of aryl methyl sites for hydroxylation is 2. The minimum absolute atomic E-state index is 0.112. The van der Waals surface area contributed by atoms with E-state index in [1.165, 1.54) is 10.9 Å². The first-order valence-electron chi connectivity index (χ1n) is 8.59. The molecule has 25 heavy (non-hydrogen) atoms. The second-order valence-electron chi connectivity index (χ2n) is 6.49. The standard InChI is InChI=1S/C19H25N5O/c1-5-15(18-20-10-12(2)21-18)23-19(25)24(4)11-17-13(3)14-8-6-7-9-16(14)22-17/h6-10,15,22H,5,11H2,1-4H3,(H,20,21)(H,23,25)/t15-/m0/s1. The number of H-pyrrole nitrogens is 2. The van der Waals surface area contributed by atoms with Crippen molar-refractivity contribution in [1.82, 2.24) is 25.2 Å². The maximum absolute atomic E-state index is 12.6. The van der Waals surface area contributed by atoms with E-state index in [0.29, 0.717) is 6.54 Å². The molecule has 0 unspecified atom stereocenters. The summed E-state index contributed by atoms with van der Waals surface area (Å²) in [5, 5.41) is 4.25. The Bertz CT molecular complexity index is 879. The van der Waals surface area contributed by atoms with Crippen LogP contribution >= 0.6 is 0 Å². The number of aromatic amines is 2. The molecule has 0 fully saturated rings. The molecule has 1 aromatic carbocycles. The highest BCUT2D eigenvalue weighted by Gasteiger charge is 2.19. The van der Waals surface area contributed by atoms with Gasteiger partial charge in [0, 0.05) is 35.5 Å². The van der Waals surface area contributed by atoms with Crippen molar-refractivity contribution >= 4 is 16.9 Å². The van der Waals surface area contributed by atoms with E-state index >= 15 is 0 Å². The Labute approximate surface area is 147 Å². The zero-order valence-electron chi connectivity index (χ0n) is 15.2. The van der Waals surface area contributed by atoms with Gasteiger partial charge in [0.25, 0.3) is 0 Å². The fourth-order valence-corrected chi connectivity index (χ4v) is 3.04. The molecule has 0 aliphatic carbocycles. The predicted octanol–water partition coefficient (Wildman–Crippen LogP) is 3.80. The number of nitrogens with zero attached hydrogens (tertiary/aromatic N) is 2. The van der Waals surface area contributed by atoms with E-state index in [-0.39, 0.29) is 12.1 Å². The van der Waals surface area contributed by atoms with E-state index in [1.807, 2.05) is 26.0 Å². The van der Waals surface area contributed by atoms with Crippen LogP contribution in [0.1, 0.15) is 42.2 Å². The van der Waals surface area contributed by atoms with E-state index in [4.69, 9.17) is 0 Å². The van der Waals surface area contributed by atoms with Crippen LogP contribution in [0.5, 0.6) is 0 Å². The van der Waals surface area contributed by atoms with Gasteiger partial charge in [0.2, 0.25) is 0 Å². The summed E-state index contributed by atoms with van der Waals surface area (Å²) in [6.07, 6.45) is 2.56. The number of amides is 2. The maximum Gasteiger partial charge on any atom is 0.318 e. The monoisotopic (exact) mass is 339 g/mol. The lowest BCUT2D eigenvalue weighted by Crippen LogP contribution is -2.39. The van der Waals surface area contributed by atoms with Gasteiger partial charge in [0.05, 0.1) is 12.6 Å². The third kappa shape index (κ3) is 3.52. The average molecular weight is 339 g/mol. The largest absolute Gasteiger partial charge is 0.357 e. The van der Waals surface area contributed by atoms with Crippen LogP contribution in [0.2, 0.25) is 0 Å². The fourth-order valence-electron chi connectivity index (χ4n) is 3.04. The molecule has 2 amide bonds. The van der Waals surface area contributed by atoms with E-state index in [9.17, 15) is 4.79 Å². The summed E-state index contributed by atoms with van der Waals surface area (Å²) >= 11 is 0. The third-order valence-electron chi connectivity index (χ3n) is 4.57. The van der Waals surface area contributed by atoms with Crippen LogP contribution in [-0.2, 0) is 6.54 Å². The second kappa shape index (κ2) is 7.01. The van der Waals surface area contributed by atoms with Gasteiger partial charge in [0.1, 0.15) is 5.82 Å². The van der Waals surface area contributed by atoms with E-state index in [2.05, 4.69) is 39.3 Å². The first-order valence-corrected chi connectivity index (χ1v) is 8.59. The molecule has 0 aliphatic rings. The third-order valence-corrected chi connectivity index (χ3v) is 4.57. The van der Waals surface area contributed by atoms with Gasteiger partial charge in [-0.25, -0.2) is 9.78 Å². The van der Waals surface area contributed by atoms with Crippen molar-refractivity contribution in [2.75, 3.05) is 7.05 Å². The predicted molar refractivity (Wildman–Crippen MR) is 99.4 cm³/mol. The summed E-state index contributed by atoms with van der Waals surface area (Å²) < 4.78 is 0. The van der Waals surface area contributed by atoms with Gasteiger partial charge in [-0.05, 0) is 31.9 Å². The molecule has 3 rings (SSSR count). The van der Waals surface area contributed by atoms with Crippen LogP contribution < -0.4 is 5.32 Å². The number of carbonyl (C=O) groups is 1. The summed E-state index contributed by atoms with van der Waals surface area (Å²) in [5.41, 5.74) is 4.33. The molecule has 0 bridgehead atoms. The number of urea groups is 1. The highest BCUT2D eigenvalue weighted by molar-refractivity contribution is 5.84. The lowest BCUT2D eigenvalue weighted by atomic mass is 10.1. The molecule has 0 aliphatic heterocycles. The number of hydrogen-bond acceptors (Lipinski definition) is 2. The lowest BCUT2D eigenvalue weighted by molar-refractivity contribution is 0.201. The highest BCUT2D eigenvalue weighted by Crippen LogP contribution is 2.22. The number of aromatic nitrogens is 3. The quantitative estimate of drug-likeness (QED) is 0.661. The Balaban J connectivity index is 1.70. The van der Waals surface area contributed by atoms with Crippen LogP contribution in [0.4, 0.5) is 4.79 Å². The Morgan fingerprint density at radius 3 is 2.68 bits per heavy atom. The Kier molecular flexibility index (Phi) is 4.79. The molecule has 3 aromatic rings. The van der Waals surface area contributed by atoms with Crippen LogP contribution in [0.15, 0.2) is 30.5 Å². The average Bonchev–Trinajstić information content (AvgIpc) is 3.17. The minimum Gasteiger partial charge on any atom is -0.357 e. The number of rotatable bonds is 5. The first-order chi connectivity index (χ1) is 12.0. The van der Waals surface area contributed by atoms with Crippen LogP contribution in [0, 0.1) is 13.8 Å². The molecule has 1 atom stereocenters. The molecule has 2 heterocycles. The van der Waals surface area contributed by atoms with Crippen molar-refractivity contribution in [3.63, 3.8) is 0 Å². The van der Waals surface area contributed by atoms with E-state index in [0.717, 1.165) is 29.1 Å².